The van der Waals surface area contributed by atoms with Crippen LogP contribution in [0.2, 0.25) is 0 Å². The van der Waals surface area contributed by atoms with Crippen LogP contribution in [0.1, 0.15) is 26.7 Å². The van der Waals surface area contributed by atoms with Gasteiger partial charge in [0.25, 0.3) is 0 Å². The lowest BCUT2D eigenvalue weighted by atomic mass is 9.56. The van der Waals surface area contributed by atoms with E-state index in [4.69, 9.17) is 4.74 Å². The Morgan fingerprint density at radius 3 is 2.40 bits per heavy atom. The maximum Gasteiger partial charge on any atom is 0.0525 e. The van der Waals surface area contributed by atoms with Crippen LogP contribution in [-0.2, 0) is 4.74 Å². The van der Waals surface area contributed by atoms with Crippen LogP contribution < -0.4 is 0 Å². The van der Waals surface area contributed by atoms with E-state index < -0.39 is 0 Å². The molecule has 0 aromatic carbocycles. The summed E-state index contributed by atoms with van der Waals surface area (Å²) in [6.07, 6.45) is 2.87. The fourth-order valence-corrected chi connectivity index (χ4v) is 2.39. The van der Waals surface area contributed by atoms with Crippen LogP contribution in [0.25, 0.3) is 0 Å². The van der Waals surface area contributed by atoms with Gasteiger partial charge in [-0.2, -0.15) is 0 Å². The summed E-state index contributed by atoms with van der Waals surface area (Å²) >= 11 is 0. The van der Waals surface area contributed by atoms with Crippen molar-refractivity contribution < 1.29 is 4.74 Å². The second-order valence-corrected chi connectivity index (χ2v) is 4.31. The van der Waals surface area contributed by atoms with Crippen LogP contribution in [0.3, 0.4) is 0 Å². The summed E-state index contributed by atoms with van der Waals surface area (Å²) in [5, 5.41) is 0. The van der Waals surface area contributed by atoms with Gasteiger partial charge < -0.3 is 4.74 Å². The van der Waals surface area contributed by atoms with Crippen LogP contribution in [0.4, 0.5) is 0 Å². The van der Waals surface area contributed by atoms with Crippen LogP contribution in [0.15, 0.2) is 0 Å². The van der Waals surface area contributed by atoms with Gasteiger partial charge in [0, 0.05) is 6.61 Å². The third-order valence-corrected chi connectivity index (χ3v) is 3.36. The van der Waals surface area contributed by atoms with Gasteiger partial charge in [-0.05, 0) is 30.1 Å². The van der Waals surface area contributed by atoms with Gasteiger partial charge in [-0.25, -0.2) is 0 Å². The second kappa shape index (κ2) is 1.97. The Hall–Kier alpha value is -0.0400. The van der Waals surface area contributed by atoms with Gasteiger partial charge in [0.05, 0.1) is 6.61 Å². The van der Waals surface area contributed by atoms with Crippen molar-refractivity contribution >= 4 is 0 Å². The minimum Gasteiger partial charge on any atom is -0.381 e. The SMILES string of the molecule is CC(C)C12COCC(C1)C2. The van der Waals surface area contributed by atoms with E-state index in [0.717, 1.165) is 25.0 Å². The zero-order valence-corrected chi connectivity index (χ0v) is 6.89. The van der Waals surface area contributed by atoms with Gasteiger partial charge in [-0.15, -0.1) is 0 Å². The number of fused-ring (bicyclic) bond motifs is 2. The molecule has 2 aliphatic heterocycles. The largest absolute Gasteiger partial charge is 0.381 e. The molecule has 0 N–H and O–H groups in total. The molecule has 0 atom stereocenters. The molecule has 3 aliphatic rings. The molecule has 0 aromatic rings. The second-order valence-electron chi connectivity index (χ2n) is 4.31. The molecular formula is C9H16O. The third-order valence-electron chi connectivity index (χ3n) is 3.36. The summed E-state index contributed by atoms with van der Waals surface area (Å²) in [6, 6.07) is 0. The molecule has 10 heavy (non-hydrogen) atoms. The minimum atomic E-state index is 0.600. The van der Waals surface area contributed by atoms with Crippen LogP contribution >= 0.6 is 0 Å². The lowest BCUT2D eigenvalue weighted by Crippen LogP contribution is -2.51. The number of hydrogen-bond donors (Lipinski definition) is 0. The highest BCUT2D eigenvalue weighted by Crippen LogP contribution is 2.53. The molecule has 2 heterocycles. The summed E-state index contributed by atoms with van der Waals surface area (Å²) in [4.78, 5) is 0. The molecule has 0 radical (unpaired) electrons. The summed E-state index contributed by atoms with van der Waals surface area (Å²) in [5.74, 6) is 1.74. The molecular weight excluding hydrogens is 124 g/mol. The van der Waals surface area contributed by atoms with Gasteiger partial charge in [0.1, 0.15) is 0 Å². The van der Waals surface area contributed by atoms with Crippen molar-refractivity contribution in [1.29, 1.82) is 0 Å². The lowest BCUT2D eigenvalue weighted by molar-refractivity contribution is -0.153. The monoisotopic (exact) mass is 140 g/mol. The Balaban J connectivity index is 2.05. The van der Waals surface area contributed by atoms with Crippen molar-refractivity contribution in [3.8, 4) is 0 Å². The lowest BCUT2D eigenvalue weighted by Gasteiger charge is -2.54. The first kappa shape index (κ1) is 6.66. The van der Waals surface area contributed by atoms with E-state index in [1.165, 1.54) is 12.8 Å². The van der Waals surface area contributed by atoms with E-state index in [-0.39, 0.29) is 0 Å². The van der Waals surface area contributed by atoms with Crippen LogP contribution in [-0.4, -0.2) is 13.2 Å². The molecule has 2 saturated heterocycles. The van der Waals surface area contributed by atoms with E-state index in [1.807, 2.05) is 0 Å². The van der Waals surface area contributed by atoms with Crippen molar-refractivity contribution in [2.75, 3.05) is 13.2 Å². The minimum absolute atomic E-state index is 0.600. The number of hydrogen-bond acceptors (Lipinski definition) is 1. The average Bonchev–Trinajstić information content (AvgIpc) is 1.87. The maximum absolute atomic E-state index is 5.50. The van der Waals surface area contributed by atoms with Crippen molar-refractivity contribution in [1.82, 2.24) is 0 Å². The summed E-state index contributed by atoms with van der Waals surface area (Å²) in [5.41, 5.74) is 0.600. The van der Waals surface area contributed by atoms with Crippen molar-refractivity contribution in [3.05, 3.63) is 0 Å². The van der Waals surface area contributed by atoms with Crippen molar-refractivity contribution in [3.63, 3.8) is 0 Å². The highest BCUT2D eigenvalue weighted by atomic mass is 16.5. The zero-order valence-electron chi connectivity index (χ0n) is 6.89. The molecule has 1 aliphatic carbocycles. The van der Waals surface area contributed by atoms with E-state index >= 15 is 0 Å². The Morgan fingerprint density at radius 2 is 2.10 bits per heavy atom. The summed E-state index contributed by atoms with van der Waals surface area (Å²) in [7, 11) is 0. The smallest absolute Gasteiger partial charge is 0.0525 e. The first-order valence-electron chi connectivity index (χ1n) is 4.31. The molecule has 0 amide bonds. The molecule has 1 saturated carbocycles. The van der Waals surface area contributed by atoms with E-state index in [2.05, 4.69) is 13.8 Å². The normalized spacial score (nSPS) is 45.3. The Kier molecular flexibility index (Phi) is 1.31. The Bertz CT molecular complexity index is 128. The molecule has 0 aromatic heterocycles. The molecule has 1 nitrogen and oxygen atoms in total. The summed E-state index contributed by atoms with van der Waals surface area (Å²) in [6.45, 7) is 6.71. The van der Waals surface area contributed by atoms with Gasteiger partial charge >= 0.3 is 0 Å². The first-order valence-corrected chi connectivity index (χ1v) is 4.31. The molecule has 3 fully saturated rings. The molecule has 0 spiro atoms. The van der Waals surface area contributed by atoms with Gasteiger partial charge in [-0.1, -0.05) is 13.8 Å². The van der Waals surface area contributed by atoms with Gasteiger partial charge in [0.15, 0.2) is 0 Å². The summed E-state index contributed by atoms with van der Waals surface area (Å²) < 4.78 is 5.50. The molecule has 0 unspecified atom stereocenters. The molecule has 2 bridgehead atoms. The fraction of sp³-hybridized carbons (Fsp3) is 1.00. The molecule has 58 valence electrons. The van der Waals surface area contributed by atoms with E-state index in [9.17, 15) is 0 Å². The van der Waals surface area contributed by atoms with Crippen LogP contribution in [0.5, 0.6) is 0 Å². The predicted octanol–water partition coefficient (Wildman–Crippen LogP) is 2.07. The maximum atomic E-state index is 5.50. The van der Waals surface area contributed by atoms with Crippen LogP contribution in [0, 0.1) is 17.3 Å². The van der Waals surface area contributed by atoms with E-state index in [0.29, 0.717) is 5.41 Å². The highest BCUT2D eigenvalue weighted by Gasteiger charge is 2.49. The van der Waals surface area contributed by atoms with E-state index in [1.54, 1.807) is 0 Å². The number of ether oxygens (including phenoxy) is 1. The fourth-order valence-electron chi connectivity index (χ4n) is 2.39. The van der Waals surface area contributed by atoms with Gasteiger partial charge in [-0.3, -0.25) is 0 Å². The molecule has 3 rings (SSSR count). The van der Waals surface area contributed by atoms with Crippen molar-refractivity contribution in [2.45, 2.75) is 26.7 Å². The first-order chi connectivity index (χ1) is 4.73. The molecule has 1 heteroatoms. The Morgan fingerprint density at radius 1 is 1.40 bits per heavy atom. The topological polar surface area (TPSA) is 9.23 Å². The predicted molar refractivity (Wildman–Crippen MR) is 40.8 cm³/mol. The zero-order chi connectivity index (χ0) is 7.19. The highest BCUT2D eigenvalue weighted by molar-refractivity contribution is 4.98. The Labute approximate surface area is 62.8 Å². The standard InChI is InChI=1S/C9H16O/c1-7(2)9-3-8(4-9)5-10-6-9/h7-8H,3-6H2,1-2H3. The quantitative estimate of drug-likeness (QED) is 0.541. The average molecular weight is 140 g/mol. The van der Waals surface area contributed by atoms with Crippen molar-refractivity contribution in [2.24, 2.45) is 17.3 Å². The van der Waals surface area contributed by atoms with Gasteiger partial charge in [0.2, 0.25) is 0 Å². The third kappa shape index (κ3) is 0.731. The number of rotatable bonds is 1.